The number of benzene rings is 1. The van der Waals surface area contributed by atoms with Crippen molar-refractivity contribution in [3.63, 3.8) is 0 Å². The summed E-state index contributed by atoms with van der Waals surface area (Å²) in [5, 5.41) is 0. The van der Waals surface area contributed by atoms with Gasteiger partial charge in [-0.1, -0.05) is 25.1 Å². The molecule has 3 heteroatoms. The van der Waals surface area contributed by atoms with Crippen LogP contribution in [-0.4, -0.2) is 37.0 Å². The van der Waals surface area contributed by atoms with Crippen LogP contribution in [0, 0.1) is 0 Å². The molecule has 1 aliphatic rings. The van der Waals surface area contributed by atoms with Crippen molar-refractivity contribution in [3.05, 3.63) is 30.3 Å². The molecule has 0 N–H and O–H groups in total. The van der Waals surface area contributed by atoms with Gasteiger partial charge >= 0.3 is 0 Å². The minimum atomic E-state index is 0.245. The Kier molecular flexibility index (Phi) is 4.24. The average molecular weight is 246 g/mol. The molecule has 0 unspecified atom stereocenters. The van der Waals surface area contributed by atoms with Gasteiger partial charge in [0.05, 0.1) is 0 Å². The number of hydrogen-bond donors (Lipinski definition) is 0. The van der Waals surface area contributed by atoms with Crippen LogP contribution in [0.5, 0.6) is 0 Å². The maximum Gasteiger partial charge on any atom is 0.222 e. The molecule has 1 aromatic rings. The number of anilines is 1. The Bertz CT molecular complexity index is 391. The first kappa shape index (κ1) is 12.9. The maximum absolute atomic E-state index is 11.8. The summed E-state index contributed by atoms with van der Waals surface area (Å²) in [5.74, 6) is 0.245. The van der Waals surface area contributed by atoms with Crippen LogP contribution in [0.3, 0.4) is 0 Å². The third-order valence-corrected chi connectivity index (χ3v) is 3.76. The minimum absolute atomic E-state index is 0.245. The van der Waals surface area contributed by atoms with E-state index >= 15 is 0 Å². The Morgan fingerprint density at radius 2 is 2.11 bits per heavy atom. The Morgan fingerprint density at radius 1 is 1.39 bits per heavy atom. The third-order valence-electron chi connectivity index (χ3n) is 3.76. The van der Waals surface area contributed by atoms with Crippen molar-refractivity contribution in [2.24, 2.45) is 0 Å². The Morgan fingerprint density at radius 3 is 2.78 bits per heavy atom. The van der Waals surface area contributed by atoms with Crippen molar-refractivity contribution < 1.29 is 4.79 Å². The van der Waals surface area contributed by atoms with Crippen LogP contribution >= 0.6 is 0 Å². The highest BCUT2D eigenvalue weighted by Gasteiger charge is 2.25. The fourth-order valence-electron chi connectivity index (χ4n) is 2.60. The number of piperidine rings is 1. The fourth-order valence-corrected chi connectivity index (χ4v) is 2.60. The Balaban J connectivity index is 2.03. The van der Waals surface area contributed by atoms with E-state index in [0.29, 0.717) is 12.5 Å². The van der Waals surface area contributed by atoms with Gasteiger partial charge in [0.25, 0.3) is 0 Å². The Labute approximate surface area is 109 Å². The lowest BCUT2D eigenvalue weighted by atomic mass is 10.0. The summed E-state index contributed by atoms with van der Waals surface area (Å²) < 4.78 is 0. The van der Waals surface area contributed by atoms with Gasteiger partial charge in [-0.05, 0) is 25.0 Å². The van der Waals surface area contributed by atoms with Gasteiger partial charge in [-0.25, -0.2) is 0 Å². The van der Waals surface area contributed by atoms with Crippen molar-refractivity contribution in [2.45, 2.75) is 32.2 Å². The van der Waals surface area contributed by atoms with Crippen LogP contribution in [0.1, 0.15) is 26.2 Å². The predicted octanol–water partition coefficient (Wildman–Crippen LogP) is 2.52. The van der Waals surface area contributed by atoms with Crippen molar-refractivity contribution in [1.82, 2.24) is 4.90 Å². The molecular weight excluding hydrogens is 224 g/mol. The summed E-state index contributed by atoms with van der Waals surface area (Å²) in [6, 6.07) is 10.8. The van der Waals surface area contributed by atoms with E-state index in [0.717, 1.165) is 25.9 Å². The summed E-state index contributed by atoms with van der Waals surface area (Å²) in [7, 11) is 1.94. The molecule has 0 aliphatic carbocycles. The number of amides is 1. The summed E-state index contributed by atoms with van der Waals surface area (Å²) in [6.45, 7) is 3.97. The van der Waals surface area contributed by atoms with E-state index in [1.807, 2.05) is 24.9 Å². The molecule has 1 aromatic carbocycles. The molecule has 1 heterocycles. The molecule has 1 fully saturated rings. The molecule has 0 saturated carbocycles. The van der Waals surface area contributed by atoms with Crippen molar-refractivity contribution >= 4 is 11.6 Å². The predicted molar refractivity (Wildman–Crippen MR) is 74.7 cm³/mol. The molecule has 1 amide bonds. The molecule has 0 aromatic heterocycles. The van der Waals surface area contributed by atoms with Gasteiger partial charge in [0.2, 0.25) is 5.91 Å². The van der Waals surface area contributed by atoms with E-state index in [4.69, 9.17) is 0 Å². The Hall–Kier alpha value is -1.51. The molecule has 18 heavy (non-hydrogen) atoms. The van der Waals surface area contributed by atoms with Gasteiger partial charge in [-0.15, -0.1) is 0 Å². The number of likely N-dealkylation sites (N-methyl/N-ethyl adjacent to an activating group) is 1. The molecule has 0 radical (unpaired) electrons. The first-order valence-electron chi connectivity index (χ1n) is 6.78. The summed E-state index contributed by atoms with van der Waals surface area (Å²) in [4.78, 5) is 16.1. The van der Waals surface area contributed by atoms with Gasteiger partial charge in [-0.2, -0.15) is 0 Å². The summed E-state index contributed by atoms with van der Waals surface area (Å²) in [6.07, 6.45) is 2.87. The third kappa shape index (κ3) is 2.84. The lowest BCUT2D eigenvalue weighted by Gasteiger charge is -2.38. The standard InChI is InChI=1S/C15H22N2O/c1-3-15(18)16(2)14-10-7-11-17(12-14)13-8-5-4-6-9-13/h4-6,8-9,14H,3,7,10-12H2,1-2H3/t14-/m0/s1. The van der Waals surface area contributed by atoms with Gasteiger partial charge in [0.15, 0.2) is 0 Å². The molecule has 0 spiro atoms. The number of carbonyl (C=O) groups is 1. The molecular formula is C15H22N2O. The van der Waals surface area contributed by atoms with E-state index in [2.05, 4.69) is 29.2 Å². The molecule has 0 bridgehead atoms. The van der Waals surface area contributed by atoms with E-state index in [1.54, 1.807) is 0 Å². The van der Waals surface area contributed by atoms with Gasteiger partial charge in [0.1, 0.15) is 0 Å². The van der Waals surface area contributed by atoms with E-state index in [1.165, 1.54) is 5.69 Å². The van der Waals surface area contributed by atoms with Crippen molar-refractivity contribution in [1.29, 1.82) is 0 Å². The molecule has 2 rings (SSSR count). The highest BCUT2D eigenvalue weighted by atomic mass is 16.2. The zero-order valence-electron chi connectivity index (χ0n) is 11.3. The number of nitrogens with zero attached hydrogens (tertiary/aromatic N) is 2. The quantitative estimate of drug-likeness (QED) is 0.818. The van der Waals surface area contributed by atoms with E-state index < -0.39 is 0 Å². The minimum Gasteiger partial charge on any atom is -0.369 e. The first-order chi connectivity index (χ1) is 8.72. The molecule has 98 valence electrons. The molecule has 1 atom stereocenters. The molecule has 1 saturated heterocycles. The second-order valence-electron chi connectivity index (χ2n) is 4.94. The van der Waals surface area contributed by atoms with E-state index in [-0.39, 0.29) is 5.91 Å². The topological polar surface area (TPSA) is 23.6 Å². The van der Waals surface area contributed by atoms with Crippen molar-refractivity contribution in [2.75, 3.05) is 25.0 Å². The zero-order valence-corrected chi connectivity index (χ0v) is 11.3. The largest absolute Gasteiger partial charge is 0.369 e. The molecule has 1 aliphatic heterocycles. The smallest absolute Gasteiger partial charge is 0.222 e. The van der Waals surface area contributed by atoms with Crippen LogP contribution in [0.25, 0.3) is 0 Å². The van der Waals surface area contributed by atoms with Crippen LogP contribution in [0.15, 0.2) is 30.3 Å². The summed E-state index contributed by atoms with van der Waals surface area (Å²) in [5.41, 5.74) is 1.26. The lowest BCUT2D eigenvalue weighted by molar-refractivity contribution is -0.131. The zero-order chi connectivity index (χ0) is 13.0. The van der Waals surface area contributed by atoms with Gasteiger partial charge < -0.3 is 9.80 Å². The second kappa shape index (κ2) is 5.89. The normalized spacial score (nSPS) is 19.7. The number of carbonyl (C=O) groups excluding carboxylic acids is 1. The number of hydrogen-bond acceptors (Lipinski definition) is 2. The van der Waals surface area contributed by atoms with Gasteiger partial charge in [0, 0.05) is 38.3 Å². The van der Waals surface area contributed by atoms with Crippen LogP contribution < -0.4 is 4.90 Å². The molecule has 3 nitrogen and oxygen atoms in total. The fraction of sp³-hybridized carbons (Fsp3) is 0.533. The highest BCUT2D eigenvalue weighted by Crippen LogP contribution is 2.21. The number of para-hydroxylation sites is 1. The first-order valence-corrected chi connectivity index (χ1v) is 6.78. The van der Waals surface area contributed by atoms with Crippen LogP contribution in [0.4, 0.5) is 5.69 Å². The monoisotopic (exact) mass is 246 g/mol. The summed E-state index contributed by atoms with van der Waals surface area (Å²) >= 11 is 0. The van der Waals surface area contributed by atoms with Crippen LogP contribution in [0.2, 0.25) is 0 Å². The second-order valence-corrected chi connectivity index (χ2v) is 4.94. The van der Waals surface area contributed by atoms with Crippen molar-refractivity contribution in [3.8, 4) is 0 Å². The SMILES string of the molecule is CCC(=O)N(C)[C@H]1CCCN(c2ccccc2)C1. The lowest BCUT2D eigenvalue weighted by Crippen LogP contribution is -2.48. The highest BCUT2D eigenvalue weighted by molar-refractivity contribution is 5.76. The van der Waals surface area contributed by atoms with Crippen LogP contribution in [-0.2, 0) is 4.79 Å². The van der Waals surface area contributed by atoms with Gasteiger partial charge in [-0.3, -0.25) is 4.79 Å². The maximum atomic E-state index is 11.8. The average Bonchev–Trinajstić information content (AvgIpc) is 2.46. The number of rotatable bonds is 3. The van der Waals surface area contributed by atoms with E-state index in [9.17, 15) is 4.79 Å².